The Kier molecular flexibility index (Phi) is 5.19. The van der Waals surface area contributed by atoms with E-state index < -0.39 is 18.6 Å². The van der Waals surface area contributed by atoms with Crippen LogP contribution in [-0.4, -0.2) is 29.2 Å². The number of alkyl halides is 3. The van der Waals surface area contributed by atoms with Crippen molar-refractivity contribution >= 4 is 11.6 Å². The van der Waals surface area contributed by atoms with Gasteiger partial charge >= 0.3 is 6.18 Å². The molecule has 0 aromatic carbocycles. The van der Waals surface area contributed by atoms with Crippen LogP contribution in [0.15, 0.2) is 0 Å². The van der Waals surface area contributed by atoms with Gasteiger partial charge in [0, 0.05) is 24.6 Å². The number of nitrogens with one attached hydrogen (secondary N) is 2. The van der Waals surface area contributed by atoms with Crippen molar-refractivity contribution in [1.29, 1.82) is 0 Å². The molecule has 7 heteroatoms. The highest BCUT2D eigenvalue weighted by Gasteiger charge is 2.30. The summed E-state index contributed by atoms with van der Waals surface area (Å²) in [6.45, 7) is 7.14. The summed E-state index contributed by atoms with van der Waals surface area (Å²) in [5, 5.41) is 5.76. The lowest BCUT2D eigenvalue weighted by atomic mass is 10.2. The molecule has 0 radical (unpaired) electrons. The van der Waals surface area contributed by atoms with Gasteiger partial charge < -0.3 is 10.6 Å². The Morgan fingerprint density at radius 1 is 1.10 bits per heavy atom. The third kappa shape index (κ3) is 4.54. The molecule has 4 nitrogen and oxygen atoms in total. The second kappa shape index (κ2) is 6.28. The average molecular weight is 290 g/mol. The van der Waals surface area contributed by atoms with Crippen LogP contribution in [0.2, 0.25) is 0 Å². The number of halogens is 3. The molecule has 1 aromatic rings. The van der Waals surface area contributed by atoms with Gasteiger partial charge in [0.05, 0.1) is 6.42 Å². The van der Waals surface area contributed by atoms with Gasteiger partial charge in [0.2, 0.25) is 0 Å². The molecule has 0 saturated carbocycles. The first kappa shape index (κ1) is 16.5. The van der Waals surface area contributed by atoms with Crippen molar-refractivity contribution in [2.24, 2.45) is 0 Å². The summed E-state index contributed by atoms with van der Waals surface area (Å²) in [7, 11) is 1.72. The Labute approximate surface area is 117 Å². The van der Waals surface area contributed by atoms with Crippen molar-refractivity contribution in [3.8, 4) is 0 Å². The van der Waals surface area contributed by atoms with Crippen LogP contribution in [0.25, 0.3) is 0 Å². The van der Waals surface area contributed by atoms with Gasteiger partial charge in [-0.15, -0.1) is 0 Å². The molecule has 1 aromatic heterocycles. The first-order valence-electron chi connectivity index (χ1n) is 6.53. The summed E-state index contributed by atoms with van der Waals surface area (Å²) in [6.07, 6.45) is -5.09. The van der Waals surface area contributed by atoms with E-state index in [9.17, 15) is 13.2 Å². The summed E-state index contributed by atoms with van der Waals surface area (Å²) in [4.78, 5) is 8.67. The number of rotatable bonds is 5. The third-order valence-electron chi connectivity index (χ3n) is 2.84. The maximum atomic E-state index is 12.4. The molecule has 0 spiro atoms. The summed E-state index contributed by atoms with van der Waals surface area (Å²) in [5.41, 5.74) is 0.714. The lowest BCUT2D eigenvalue weighted by Gasteiger charge is -2.20. The quantitative estimate of drug-likeness (QED) is 0.868. The van der Waals surface area contributed by atoms with Crippen molar-refractivity contribution < 1.29 is 13.2 Å². The number of anilines is 2. The number of hydrogen-bond acceptors (Lipinski definition) is 4. The topological polar surface area (TPSA) is 49.8 Å². The van der Waals surface area contributed by atoms with Gasteiger partial charge in [0.15, 0.2) is 0 Å². The van der Waals surface area contributed by atoms with Crippen LogP contribution in [0, 0.1) is 6.92 Å². The zero-order valence-electron chi connectivity index (χ0n) is 12.4. The van der Waals surface area contributed by atoms with Crippen molar-refractivity contribution in [3.05, 3.63) is 11.4 Å². The summed E-state index contributed by atoms with van der Waals surface area (Å²) in [5.74, 6) is 1.78. The predicted octanol–water partition coefficient (Wildman–Crippen LogP) is 3.70. The molecule has 0 aliphatic rings. The lowest BCUT2D eigenvalue weighted by Crippen LogP contribution is -2.25. The molecule has 0 saturated heterocycles. The van der Waals surface area contributed by atoms with Crippen molar-refractivity contribution in [3.63, 3.8) is 0 Å². The maximum absolute atomic E-state index is 12.4. The maximum Gasteiger partial charge on any atom is 0.391 e. The predicted molar refractivity (Wildman–Crippen MR) is 74.2 cm³/mol. The molecule has 0 fully saturated rings. The SMILES string of the molecule is CNc1nc(C(C)C)nc(NC(C)CC(F)(F)F)c1C. The fourth-order valence-corrected chi connectivity index (χ4v) is 1.81. The third-order valence-corrected chi connectivity index (χ3v) is 2.84. The van der Waals surface area contributed by atoms with Crippen LogP contribution < -0.4 is 10.6 Å². The molecule has 0 aliphatic carbocycles. The molecule has 1 atom stereocenters. The molecule has 1 heterocycles. The van der Waals surface area contributed by atoms with Crippen LogP contribution in [0.5, 0.6) is 0 Å². The molecule has 0 aliphatic heterocycles. The van der Waals surface area contributed by atoms with Crippen molar-refractivity contribution in [1.82, 2.24) is 9.97 Å². The van der Waals surface area contributed by atoms with Crippen molar-refractivity contribution in [2.75, 3.05) is 17.7 Å². The first-order chi connectivity index (χ1) is 9.14. The smallest absolute Gasteiger partial charge is 0.373 e. The van der Waals surface area contributed by atoms with Gasteiger partial charge in [-0.3, -0.25) is 0 Å². The van der Waals surface area contributed by atoms with E-state index in [4.69, 9.17) is 0 Å². The van der Waals surface area contributed by atoms with Gasteiger partial charge in [-0.2, -0.15) is 13.2 Å². The summed E-state index contributed by atoms with van der Waals surface area (Å²) in [6, 6.07) is -0.742. The van der Waals surface area contributed by atoms with Gasteiger partial charge in [-0.1, -0.05) is 13.8 Å². The molecule has 0 bridgehead atoms. The Hall–Kier alpha value is -1.53. The standard InChI is InChI=1S/C13H21F3N4/c1-7(2)10-19-11(17-5)9(4)12(20-10)18-8(3)6-13(14,15)16/h7-8H,6H2,1-5H3,(H2,17,18,19,20). The molecule has 1 rings (SSSR count). The molecule has 20 heavy (non-hydrogen) atoms. The molecular weight excluding hydrogens is 269 g/mol. The van der Waals surface area contributed by atoms with E-state index in [0.717, 1.165) is 0 Å². The normalized spacial score (nSPS) is 13.4. The van der Waals surface area contributed by atoms with E-state index >= 15 is 0 Å². The molecule has 1 unspecified atom stereocenters. The number of aromatic nitrogens is 2. The van der Waals surface area contributed by atoms with Gasteiger partial charge in [0.1, 0.15) is 17.5 Å². The van der Waals surface area contributed by atoms with Crippen LogP contribution in [-0.2, 0) is 0 Å². The minimum atomic E-state index is -4.19. The van der Waals surface area contributed by atoms with E-state index in [1.54, 1.807) is 14.0 Å². The van der Waals surface area contributed by atoms with E-state index in [1.165, 1.54) is 6.92 Å². The monoisotopic (exact) mass is 290 g/mol. The van der Waals surface area contributed by atoms with E-state index in [-0.39, 0.29) is 5.92 Å². The first-order valence-corrected chi connectivity index (χ1v) is 6.53. The number of hydrogen-bond donors (Lipinski definition) is 2. The molecule has 114 valence electrons. The zero-order valence-corrected chi connectivity index (χ0v) is 12.4. The minimum Gasteiger partial charge on any atom is -0.373 e. The fraction of sp³-hybridized carbons (Fsp3) is 0.692. The Morgan fingerprint density at radius 3 is 2.10 bits per heavy atom. The van der Waals surface area contributed by atoms with E-state index in [2.05, 4.69) is 20.6 Å². The molecule has 0 amide bonds. The lowest BCUT2D eigenvalue weighted by molar-refractivity contribution is -0.136. The second-order valence-corrected chi connectivity index (χ2v) is 5.17. The Bertz CT molecular complexity index is 458. The zero-order chi connectivity index (χ0) is 15.5. The highest BCUT2D eigenvalue weighted by molar-refractivity contribution is 5.57. The summed E-state index contributed by atoms with van der Waals surface area (Å²) < 4.78 is 37.1. The molecular formula is C13H21F3N4. The Balaban J connectivity index is 3.01. The highest BCUT2D eigenvalue weighted by atomic mass is 19.4. The summed E-state index contributed by atoms with van der Waals surface area (Å²) >= 11 is 0. The second-order valence-electron chi connectivity index (χ2n) is 5.17. The van der Waals surface area contributed by atoms with Crippen LogP contribution in [0.3, 0.4) is 0 Å². The number of nitrogens with zero attached hydrogens (tertiary/aromatic N) is 2. The van der Waals surface area contributed by atoms with Crippen LogP contribution in [0.1, 0.15) is 44.5 Å². The van der Waals surface area contributed by atoms with Gasteiger partial charge in [0.25, 0.3) is 0 Å². The van der Waals surface area contributed by atoms with E-state index in [1.807, 2.05) is 13.8 Å². The largest absolute Gasteiger partial charge is 0.391 e. The fourth-order valence-electron chi connectivity index (χ4n) is 1.81. The Morgan fingerprint density at radius 2 is 1.65 bits per heavy atom. The van der Waals surface area contributed by atoms with Crippen molar-refractivity contribution in [2.45, 2.75) is 52.3 Å². The minimum absolute atomic E-state index is 0.0983. The average Bonchev–Trinajstić information content (AvgIpc) is 2.28. The molecule has 2 N–H and O–H groups in total. The van der Waals surface area contributed by atoms with Gasteiger partial charge in [-0.05, 0) is 13.8 Å². The van der Waals surface area contributed by atoms with E-state index in [0.29, 0.717) is 23.0 Å². The van der Waals surface area contributed by atoms with Crippen LogP contribution >= 0.6 is 0 Å². The van der Waals surface area contributed by atoms with Crippen LogP contribution in [0.4, 0.5) is 24.8 Å². The van der Waals surface area contributed by atoms with Gasteiger partial charge in [-0.25, -0.2) is 9.97 Å². The highest BCUT2D eigenvalue weighted by Crippen LogP contribution is 2.26.